The molecule has 1 atom stereocenters. The minimum atomic E-state index is -2.84. The van der Waals surface area contributed by atoms with Gasteiger partial charge < -0.3 is 10.1 Å². The van der Waals surface area contributed by atoms with Crippen LogP contribution >= 0.6 is 0 Å². The van der Waals surface area contributed by atoms with E-state index >= 15 is 0 Å². The van der Waals surface area contributed by atoms with E-state index in [0.717, 1.165) is 26.2 Å². The third kappa shape index (κ3) is 6.25. The molecule has 16 heavy (non-hydrogen) atoms. The van der Waals surface area contributed by atoms with Crippen molar-refractivity contribution in [2.75, 3.05) is 31.8 Å². The zero-order valence-electron chi connectivity index (χ0n) is 10.0. The molecule has 1 saturated heterocycles. The number of nitrogens with one attached hydrogen (secondary N) is 1. The summed E-state index contributed by atoms with van der Waals surface area (Å²) in [4.78, 5) is 0. The Morgan fingerprint density at radius 2 is 2.31 bits per heavy atom. The molecule has 1 aliphatic rings. The van der Waals surface area contributed by atoms with E-state index in [9.17, 15) is 8.42 Å². The van der Waals surface area contributed by atoms with Gasteiger partial charge in [-0.3, -0.25) is 0 Å². The number of morpholine rings is 1. The van der Waals surface area contributed by atoms with Gasteiger partial charge in [0, 0.05) is 18.8 Å². The van der Waals surface area contributed by atoms with Crippen LogP contribution in [0.3, 0.4) is 0 Å². The van der Waals surface area contributed by atoms with Crippen LogP contribution in [0.4, 0.5) is 0 Å². The third-order valence-corrected chi connectivity index (χ3v) is 3.53. The minimum absolute atomic E-state index is 0.235. The Morgan fingerprint density at radius 3 is 2.88 bits per heavy atom. The summed E-state index contributed by atoms with van der Waals surface area (Å²) in [7, 11) is -2.84. The van der Waals surface area contributed by atoms with E-state index in [2.05, 4.69) is 5.32 Å². The van der Waals surface area contributed by atoms with Crippen molar-refractivity contribution >= 4 is 9.84 Å². The smallest absolute Gasteiger partial charge is 0.147 e. The third-order valence-electron chi connectivity index (χ3n) is 2.55. The SMILES string of the molecule is CC(=CCCS(C)(=O)=O)CC1COCCN1. The summed E-state index contributed by atoms with van der Waals surface area (Å²) in [6.07, 6.45) is 4.83. The van der Waals surface area contributed by atoms with Crippen molar-refractivity contribution in [1.29, 1.82) is 0 Å². The van der Waals surface area contributed by atoms with Crippen molar-refractivity contribution < 1.29 is 13.2 Å². The van der Waals surface area contributed by atoms with E-state index in [1.54, 1.807) is 0 Å². The van der Waals surface area contributed by atoms with Gasteiger partial charge in [0.1, 0.15) is 9.84 Å². The lowest BCUT2D eigenvalue weighted by atomic mass is 10.1. The quantitative estimate of drug-likeness (QED) is 0.728. The molecule has 0 aliphatic carbocycles. The van der Waals surface area contributed by atoms with E-state index in [4.69, 9.17) is 4.74 Å². The highest BCUT2D eigenvalue weighted by Gasteiger charge is 2.12. The summed E-state index contributed by atoms with van der Waals surface area (Å²) in [5.41, 5.74) is 1.23. The standard InChI is InChI=1S/C11H21NO3S/c1-10(4-3-7-16(2,13)14)8-11-9-15-6-5-12-11/h4,11-12H,3,5-9H2,1-2H3. The fourth-order valence-corrected chi connectivity index (χ4v) is 2.29. The number of allylic oxidation sites excluding steroid dienone is 1. The van der Waals surface area contributed by atoms with Crippen LogP contribution < -0.4 is 5.32 Å². The fraction of sp³-hybridized carbons (Fsp3) is 0.818. The molecule has 0 saturated carbocycles. The van der Waals surface area contributed by atoms with Crippen molar-refractivity contribution in [1.82, 2.24) is 5.32 Å². The molecule has 0 spiro atoms. The Balaban J connectivity index is 2.27. The molecule has 0 amide bonds. The van der Waals surface area contributed by atoms with Gasteiger partial charge in [-0.1, -0.05) is 11.6 Å². The van der Waals surface area contributed by atoms with Gasteiger partial charge in [0.25, 0.3) is 0 Å². The van der Waals surface area contributed by atoms with E-state index in [1.807, 2.05) is 13.0 Å². The van der Waals surface area contributed by atoms with E-state index in [-0.39, 0.29) is 5.75 Å². The molecule has 1 N–H and O–H groups in total. The van der Waals surface area contributed by atoms with Gasteiger partial charge in [0.15, 0.2) is 0 Å². The molecule has 0 aromatic carbocycles. The van der Waals surface area contributed by atoms with Crippen molar-refractivity contribution in [2.24, 2.45) is 0 Å². The number of hydrogen-bond acceptors (Lipinski definition) is 4. The fourth-order valence-electron chi connectivity index (χ4n) is 1.74. The Morgan fingerprint density at radius 1 is 1.56 bits per heavy atom. The van der Waals surface area contributed by atoms with E-state index in [0.29, 0.717) is 12.5 Å². The molecular weight excluding hydrogens is 226 g/mol. The van der Waals surface area contributed by atoms with Crippen LogP contribution in [-0.2, 0) is 14.6 Å². The molecule has 0 bridgehead atoms. The first-order valence-corrected chi connectivity index (χ1v) is 7.68. The van der Waals surface area contributed by atoms with Crippen molar-refractivity contribution in [3.05, 3.63) is 11.6 Å². The molecule has 1 aliphatic heterocycles. The maximum atomic E-state index is 10.9. The largest absolute Gasteiger partial charge is 0.379 e. The first-order chi connectivity index (χ1) is 7.47. The van der Waals surface area contributed by atoms with Gasteiger partial charge in [-0.2, -0.15) is 0 Å². The molecule has 5 heteroatoms. The monoisotopic (exact) mass is 247 g/mol. The maximum absolute atomic E-state index is 10.9. The predicted molar refractivity (Wildman–Crippen MR) is 65.3 cm³/mol. The number of ether oxygens (including phenoxy) is 1. The first-order valence-electron chi connectivity index (χ1n) is 5.62. The zero-order chi connectivity index (χ0) is 12.0. The minimum Gasteiger partial charge on any atom is -0.379 e. The predicted octanol–water partition coefficient (Wildman–Crippen LogP) is 0.746. The number of sulfone groups is 1. The molecule has 0 radical (unpaired) electrons. The normalized spacial score (nSPS) is 23.4. The average Bonchev–Trinajstić information content (AvgIpc) is 2.17. The molecule has 4 nitrogen and oxygen atoms in total. The van der Waals surface area contributed by atoms with E-state index in [1.165, 1.54) is 11.8 Å². The lowest BCUT2D eigenvalue weighted by Gasteiger charge is -2.24. The molecule has 94 valence electrons. The lowest BCUT2D eigenvalue weighted by molar-refractivity contribution is 0.0770. The molecular formula is C11H21NO3S. The van der Waals surface area contributed by atoms with Crippen LogP contribution in [0.5, 0.6) is 0 Å². The van der Waals surface area contributed by atoms with Gasteiger partial charge in [0.05, 0.1) is 19.0 Å². The molecule has 0 aromatic rings. The lowest BCUT2D eigenvalue weighted by Crippen LogP contribution is -2.41. The summed E-state index contributed by atoms with van der Waals surface area (Å²) < 4.78 is 27.2. The Kier molecular flexibility index (Phi) is 5.44. The summed E-state index contributed by atoms with van der Waals surface area (Å²) in [6, 6.07) is 0.378. The van der Waals surface area contributed by atoms with Crippen LogP contribution in [0.2, 0.25) is 0 Å². The molecule has 0 aromatic heterocycles. The highest BCUT2D eigenvalue weighted by Crippen LogP contribution is 2.08. The summed E-state index contributed by atoms with van der Waals surface area (Å²) >= 11 is 0. The van der Waals surface area contributed by atoms with Crippen molar-refractivity contribution in [2.45, 2.75) is 25.8 Å². The van der Waals surface area contributed by atoms with Crippen LogP contribution in [0.25, 0.3) is 0 Å². The van der Waals surface area contributed by atoms with Gasteiger partial charge in [-0.15, -0.1) is 0 Å². The topological polar surface area (TPSA) is 55.4 Å². The Labute approximate surface area is 98.0 Å². The molecule has 1 heterocycles. The van der Waals surface area contributed by atoms with Gasteiger partial charge >= 0.3 is 0 Å². The molecule has 1 unspecified atom stereocenters. The van der Waals surface area contributed by atoms with Crippen LogP contribution in [-0.4, -0.2) is 46.2 Å². The Hall–Kier alpha value is -0.390. The van der Waals surface area contributed by atoms with Crippen molar-refractivity contribution in [3.8, 4) is 0 Å². The number of rotatable bonds is 5. The van der Waals surface area contributed by atoms with E-state index < -0.39 is 9.84 Å². The zero-order valence-corrected chi connectivity index (χ0v) is 10.8. The highest BCUT2D eigenvalue weighted by atomic mass is 32.2. The number of hydrogen-bond donors (Lipinski definition) is 1. The second-order valence-corrected chi connectivity index (χ2v) is 6.66. The average molecular weight is 247 g/mol. The molecule has 1 rings (SSSR count). The highest BCUT2D eigenvalue weighted by molar-refractivity contribution is 7.90. The van der Waals surface area contributed by atoms with Crippen molar-refractivity contribution in [3.63, 3.8) is 0 Å². The summed E-state index contributed by atoms with van der Waals surface area (Å²) in [6.45, 7) is 4.48. The second kappa shape index (κ2) is 6.37. The van der Waals surface area contributed by atoms with Gasteiger partial charge in [-0.25, -0.2) is 8.42 Å². The van der Waals surface area contributed by atoms with Crippen LogP contribution in [0.15, 0.2) is 11.6 Å². The van der Waals surface area contributed by atoms with Gasteiger partial charge in [0.2, 0.25) is 0 Å². The van der Waals surface area contributed by atoms with Crippen LogP contribution in [0, 0.1) is 0 Å². The maximum Gasteiger partial charge on any atom is 0.147 e. The summed E-state index contributed by atoms with van der Waals surface area (Å²) in [5.74, 6) is 0.235. The van der Waals surface area contributed by atoms with Crippen LogP contribution in [0.1, 0.15) is 19.8 Å². The second-order valence-electron chi connectivity index (χ2n) is 4.40. The van der Waals surface area contributed by atoms with Gasteiger partial charge in [-0.05, 0) is 19.8 Å². The Bertz CT molecular complexity index is 329. The summed E-state index contributed by atoms with van der Waals surface area (Å²) in [5, 5.41) is 3.37. The molecule has 1 fully saturated rings. The first kappa shape index (κ1) is 13.7.